The molecule has 16 heavy (non-hydrogen) atoms. The van der Waals surface area contributed by atoms with Crippen LogP contribution in [-0.2, 0) is 4.79 Å². The van der Waals surface area contributed by atoms with Gasteiger partial charge in [-0.2, -0.15) is 0 Å². The molecule has 4 nitrogen and oxygen atoms in total. The Kier molecular flexibility index (Phi) is 2.50. The Bertz CT molecular complexity index is 455. The lowest BCUT2D eigenvalue weighted by Crippen LogP contribution is -2.25. The molecule has 86 valence electrons. The molecule has 1 aromatic rings. The Morgan fingerprint density at radius 1 is 1.38 bits per heavy atom. The molecule has 0 spiro atoms. The van der Waals surface area contributed by atoms with Crippen molar-refractivity contribution in [3.63, 3.8) is 0 Å². The third-order valence-electron chi connectivity index (χ3n) is 3.16. The number of hydrogen-bond donors (Lipinski definition) is 1. The molecule has 0 bridgehead atoms. The van der Waals surface area contributed by atoms with Gasteiger partial charge in [-0.05, 0) is 31.0 Å². The van der Waals surface area contributed by atoms with E-state index in [0.29, 0.717) is 18.7 Å². The van der Waals surface area contributed by atoms with Crippen LogP contribution < -0.4 is 15.4 Å². The van der Waals surface area contributed by atoms with Crippen LogP contribution >= 0.6 is 0 Å². The SMILES string of the molecule is Cc1c(N)cc2c(c1C)OCCC(=O)N2C. The number of hydrogen-bond acceptors (Lipinski definition) is 3. The van der Waals surface area contributed by atoms with E-state index in [0.717, 1.165) is 22.6 Å². The molecule has 0 saturated heterocycles. The number of benzene rings is 1. The fourth-order valence-electron chi connectivity index (χ4n) is 1.87. The molecule has 0 fully saturated rings. The van der Waals surface area contributed by atoms with Crippen LogP contribution in [0.3, 0.4) is 0 Å². The fourth-order valence-corrected chi connectivity index (χ4v) is 1.87. The zero-order valence-electron chi connectivity index (χ0n) is 9.83. The van der Waals surface area contributed by atoms with E-state index in [4.69, 9.17) is 10.5 Å². The summed E-state index contributed by atoms with van der Waals surface area (Å²) in [6, 6.07) is 1.81. The first-order valence-corrected chi connectivity index (χ1v) is 5.31. The van der Waals surface area contributed by atoms with Gasteiger partial charge in [0.15, 0.2) is 0 Å². The van der Waals surface area contributed by atoms with Crippen LogP contribution in [0.1, 0.15) is 17.5 Å². The average molecular weight is 220 g/mol. The molecule has 0 aromatic heterocycles. The molecular weight excluding hydrogens is 204 g/mol. The van der Waals surface area contributed by atoms with E-state index >= 15 is 0 Å². The van der Waals surface area contributed by atoms with E-state index in [2.05, 4.69) is 0 Å². The number of nitrogen functional groups attached to an aromatic ring is 1. The summed E-state index contributed by atoms with van der Waals surface area (Å²) in [4.78, 5) is 13.3. The van der Waals surface area contributed by atoms with Crippen molar-refractivity contribution in [3.8, 4) is 5.75 Å². The van der Waals surface area contributed by atoms with Crippen molar-refractivity contribution in [3.05, 3.63) is 17.2 Å². The van der Waals surface area contributed by atoms with Gasteiger partial charge in [-0.25, -0.2) is 0 Å². The van der Waals surface area contributed by atoms with Crippen molar-refractivity contribution in [2.24, 2.45) is 0 Å². The third-order valence-corrected chi connectivity index (χ3v) is 3.16. The third kappa shape index (κ3) is 1.50. The predicted molar refractivity (Wildman–Crippen MR) is 63.9 cm³/mol. The number of rotatable bonds is 0. The van der Waals surface area contributed by atoms with Gasteiger partial charge >= 0.3 is 0 Å². The molecule has 0 saturated carbocycles. The lowest BCUT2D eigenvalue weighted by molar-refractivity contribution is -0.118. The first-order valence-electron chi connectivity index (χ1n) is 5.31. The second-order valence-corrected chi connectivity index (χ2v) is 4.12. The second-order valence-electron chi connectivity index (χ2n) is 4.12. The van der Waals surface area contributed by atoms with Crippen LogP contribution in [0, 0.1) is 13.8 Å². The van der Waals surface area contributed by atoms with Gasteiger partial charge < -0.3 is 15.4 Å². The molecule has 0 unspecified atom stereocenters. The fraction of sp³-hybridized carbons (Fsp3) is 0.417. The zero-order valence-corrected chi connectivity index (χ0v) is 9.83. The number of nitrogens with two attached hydrogens (primary N) is 1. The van der Waals surface area contributed by atoms with E-state index in [1.54, 1.807) is 18.0 Å². The Hall–Kier alpha value is -1.71. The molecule has 1 aliphatic heterocycles. The highest BCUT2D eigenvalue weighted by Gasteiger charge is 2.23. The van der Waals surface area contributed by atoms with E-state index in [1.807, 2.05) is 13.8 Å². The minimum absolute atomic E-state index is 0.0569. The summed E-state index contributed by atoms with van der Waals surface area (Å²) >= 11 is 0. The summed E-state index contributed by atoms with van der Waals surface area (Å²) in [5, 5.41) is 0. The number of fused-ring (bicyclic) bond motifs is 1. The lowest BCUT2D eigenvalue weighted by atomic mass is 10.1. The average Bonchev–Trinajstić information content (AvgIpc) is 2.39. The quantitative estimate of drug-likeness (QED) is 0.676. The van der Waals surface area contributed by atoms with Gasteiger partial charge in [0.2, 0.25) is 5.91 Å². The van der Waals surface area contributed by atoms with Crippen molar-refractivity contribution in [2.75, 3.05) is 24.3 Å². The Morgan fingerprint density at radius 2 is 2.06 bits per heavy atom. The van der Waals surface area contributed by atoms with Crippen molar-refractivity contribution in [2.45, 2.75) is 20.3 Å². The van der Waals surface area contributed by atoms with Gasteiger partial charge in [0, 0.05) is 12.7 Å². The van der Waals surface area contributed by atoms with E-state index in [1.165, 1.54) is 0 Å². The number of carbonyl (C=O) groups is 1. The number of amides is 1. The van der Waals surface area contributed by atoms with Crippen LogP contribution in [0.5, 0.6) is 5.75 Å². The Morgan fingerprint density at radius 3 is 2.75 bits per heavy atom. The normalized spacial score (nSPS) is 15.4. The monoisotopic (exact) mass is 220 g/mol. The highest BCUT2D eigenvalue weighted by atomic mass is 16.5. The standard InChI is InChI=1S/C12H16N2O2/c1-7-8(2)12-10(6-9(7)13)14(3)11(15)4-5-16-12/h6H,4-5,13H2,1-3H3. The summed E-state index contributed by atoms with van der Waals surface area (Å²) < 4.78 is 5.64. The van der Waals surface area contributed by atoms with E-state index in [9.17, 15) is 4.79 Å². The minimum Gasteiger partial charge on any atom is -0.491 e. The molecular formula is C12H16N2O2. The van der Waals surface area contributed by atoms with Crippen LogP contribution in [0.25, 0.3) is 0 Å². The molecule has 0 aliphatic carbocycles. The predicted octanol–water partition coefficient (Wildman–Crippen LogP) is 1.63. The maximum absolute atomic E-state index is 11.7. The van der Waals surface area contributed by atoms with Crippen molar-refractivity contribution >= 4 is 17.3 Å². The summed E-state index contributed by atoms with van der Waals surface area (Å²) in [5.41, 5.74) is 9.40. The molecule has 1 amide bonds. The largest absolute Gasteiger partial charge is 0.491 e. The maximum Gasteiger partial charge on any atom is 0.230 e. The minimum atomic E-state index is 0.0569. The molecule has 1 aliphatic rings. The highest BCUT2D eigenvalue weighted by molar-refractivity contribution is 5.96. The van der Waals surface area contributed by atoms with Gasteiger partial charge in [0.1, 0.15) is 5.75 Å². The molecule has 1 aromatic carbocycles. The van der Waals surface area contributed by atoms with Crippen LogP contribution in [-0.4, -0.2) is 19.6 Å². The smallest absolute Gasteiger partial charge is 0.230 e. The van der Waals surface area contributed by atoms with Gasteiger partial charge in [-0.1, -0.05) is 0 Å². The molecule has 2 rings (SSSR count). The first-order chi connectivity index (χ1) is 7.52. The van der Waals surface area contributed by atoms with Crippen molar-refractivity contribution < 1.29 is 9.53 Å². The summed E-state index contributed by atoms with van der Waals surface area (Å²) in [5.74, 6) is 0.835. The molecule has 0 atom stereocenters. The number of anilines is 2. The molecule has 1 heterocycles. The molecule has 0 radical (unpaired) electrons. The van der Waals surface area contributed by atoms with Gasteiger partial charge in [0.05, 0.1) is 18.7 Å². The number of ether oxygens (including phenoxy) is 1. The van der Waals surface area contributed by atoms with E-state index < -0.39 is 0 Å². The Labute approximate surface area is 95.0 Å². The first kappa shape index (κ1) is 10.8. The second kappa shape index (κ2) is 3.70. The van der Waals surface area contributed by atoms with Gasteiger partial charge in [-0.15, -0.1) is 0 Å². The Balaban J connectivity index is 2.64. The molecule has 2 N–H and O–H groups in total. The zero-order chi connectivity index (χ0) is 11.9. The van der Waals surface area contributed by atoms with Crippen LogP contribution in [0.15, 0.2) is 6.07 Å². The summed E-state index contributed by atoms with van der Waals surface area (Å²) in [6.45, 7) is 4.36. The van der Waals surface area contributed by atoms with Crippen LogP contribution in [0.2, 0.25) is 0 Å². The lowest BCUT2D eigenvalue weighted by Gasteiger charge is -2.20. The van der Waals surface area contributed by atoms with Gasteiger partial charge in [-0.3, -0.25) is 4.79 Å². The number of nitrogens with zero attached hydrogens (tertiary/aromatic N) is 1. The molecule has 4 heteroatoms. The van der Waals surface area contributed by atoms with Gasteiger partial charge in [0.25, 0.3) is 0 Å². The number of carbonyl (C=O) groups excluding carboxylic acids is 1. The summed E-state index contributed by atoms with van der Waals surface area (Å²) in [6.07, 6.45) is 0.406. The van der Waals surface area contributed by atoms with Crippen molar-refractivity contribution in [1.29, 1.82) is 0 Å². The maximum atomic E-state index is 11.7. The van der Waals surface area contributed by atoms with Crippen molar-refractivity contribution in [1.82, 2.24) is 0 Å². The topological polar surface area (TPSA) is 55.6 Å². The van der Waals surface area contributed by atoms with E-state index in [-0.39, 0.29) is 5.91 Å². The van der Waals surface area contributed by atoms with Crippen LogP contribution in [0.4, 0.5) is 11.4 Å². The summed E-state index contributed by atoms with van der Waals surface area (Å²) in [7, 11) is 1.75. The highest BCUT2D eigenvalue weighted by Crippen LogP contribution is 2.38.